The van der Waals surface area contributed by atoms with Crippen molar-refractivity contribution in [3.63, 3.8) is 0 Å². The van der Waals surface area contributed by atoms with Crippen molar-refractivity contribution in [2.45, 2.75) is 49.1 Å². The van der Waals surface area contributed by atoms with Gasteiger partial charge < -0.3 is 43.8 Å². The summed E-state index contributed by atoms with van der Waals surface area (Å²) in [6, 6.07) is 0. The van der Waals surface area contributed by atoms with E-state index < -0.39 is 93.7 Å². The van der Waals surface area contributed by atoms with Crippen molar-refractivity contribution in [2.24, 2.45) is 7.05 Å². The van der Waals surface area contributed by atoms with Gasteiger partial charge in [-0.15, -0.1) is 0 Å². The van der Waals surface area contributed by atoms with E-state index in [0.717, 1.165) is 28.0 Å². The van der Waals surface area contributed by atoms with Gasteiger partial charge in [0, 0.05) is 13.2 Å². The lowest BCUT2D eigenvalue weighted by atomic mass is 10.1. The first-order valence-corrected chi connectivity index (χ1v) is 17.4. The minimum absolute atomic E-state index is 0.0168. The van der Waals surface area contributed by atoms with Gasteiger partial charge in [-0.25, -0.2) is 33.3 Å². The standard InChI is InChI=1S/C22H24F2N8O11P2S/c1-30-6-29-18-11(20(30)34)8(23)2-31(18)22-16-14(33)9(40-22)3-39-45(37,46)43-15-10(4-38-44(35,36)42-16)41-21(12(15)24)32-7-28-13-17(25)26-5-27-19(13)32/h2,5-7,9-10,12,14-16,21-22,33H,3-4H2,1H3,(H,35,36)(H,37,46)(H2,25,26,27)/t9?,10?,12-,14-,15-,16-,21-,22-,45?/m1/s1. The molecule has 3 fully saturated rings. The maximum absolute atomic E-state index is 16.0. The first-order valence-electron chi connectivity index (χ1n) is 13.3. The minimum atomic E-state index is -5.16. The van der Waals surface area contributed by atoms with Gasteiger partial charge in [0.05, 0.1) is 25.9 Å². The van der Waals surface area contributed by atoms with Gasteiger partial charge in [0.25, 0.3) is 5.56 Å². The van der Waals surface area contributed by atoms with Gasteiger partial charge in [0.2, 0.25) is 0 Å². The van der Waals surface area contributed by atoms with Crippen molar-refractivity contribution in [1.82, 2.24) is 33.6 Å². The number of aliphatic hydroxyl groups excluding tert-OH is 1. The van der Waals surface area contributed by atoms with Crippen LogP contribution in [0.4, 0.5) is 14.6 Å². The minimum Gasteiger partial charge on any atom is -0.387 e. The van der Waals surface area contributed by atoms with E-state index in [0.29, 0.717) is 0 Å². The predicted octanol–water partition coefficient (Wildman–Crippen LogP) is -0.0756. The summed E-state index contributed by atoms with van der Waals surface area (Å²) >= 11 is 5.11. The molecule has 4 unspecified atom stereocenters. The van der Waals surface area contributed by atoms with Crippen LogP contribution in [0.5, 0.6) is 0 Å². The third kappa shape index (κ3) is 5.37. The molecule has 24 heteroatoms. The fraction of sp³-hybridized carbons (Fsp3) is 0.500. The van der Waals surface area contributed by atoms with Crippen LogP contribution in [-0.2, 0) is 51.0 Å². The number of nitrogens with two attached hydrogens (primary N) is 1. The van der Waals surface area contributed by atoms with Crippen LogP contribution in [0.25, 0.3) is 22.2 Å². The monoisotopic (exact) mass is 708 g/mol. The van der Waals surface area contributed by atoms with Gasteiger partial charge in [-0.2, -0.15) is 0 Å². The van der Waals surface area contributed by atoms with Gasteiger partial charge >= 0.3 is 14.5 Å². The number of aromatic nitrogens is 7. The van der Waals surface area contributed by atoms with Crippen molar-refractivity contribution < 1.29 is 55.8 Å². The number of aliphatic hydroxyl groups is 1. The van der Waals surface area contributed by atoms with E-state index in [-0.39, 0.29) is 22.6 Å². The second-order valence-electron chi connectivity index (χ2n) is 10.6. The van der Waals surface area contributed by atoms with E-state index >= 15 is 4.39 Å². The molecule has 248 valence electrons. The topological polar surface area (TPSA) is 243 Å². The number of imidazole rings is 1. The summed E-state index contributed by atoms with van der Waals surface area (Å²) in [6.07, 6.45) is -9.06. The number of halogens is 2. The number of nitrogen functional groups attached to an aromatic ring is 1. The smallest absolute Gasteiger partial charge is 0.387 e. The normalized spacial score (nSPS) is 37.2. The fourth-order valence-corrected chi connectivity index (χ4v) is 7.88. The molecule has 0 radical (unpaired) electrons. The average Bonchev–Trinajstić information content (AvgIpc) is 3.73. The number of alkyl halides is 1. The molecule has 3 aliphatic rings. The quantitative estimate of drug-likeness (QED) is 0.199. The highest BCUT2D eigenvalue weighted by Crippen LogP contribution is 2.54. The molecule has 4 aromatic heterocycles. The van der Waals surface area contributed by atoms with Gasteiger partial charge in [-0.1, -0.05) is 0 Å². The lowest BCUT2D eigenvalue weighted by molar-refractivity contribution is -0.0642. The highest BCUT2D eigenvalue weighted by molar-refractivity contribution is 8.07. The Balaban J connectivity index is 1.21. The Morgan fingerprint density at radius 1 is 1.00 bits per heavy atom. The largest absolute Gasteiger partial charge is 0.472 e. The van der Waals surface area contributed by atoms with Crippen LogP contribution in [0.3, 0.4) is 0 Å². The molecular weight excluding hydrogens is 684 g/mol. The van der Waals surface area contributed by atoms with Crippen LogP contribution in [-0.4, -0.2) is 98.4 Å². The molecule has 0 spiro atoms. The Hall–Kier alpha value is -2.85. The van der Waals surface area contributed by atoms with Crippen LogP contribution < -0.4 is 11.3 Å². The summed E-state index contributed by atoms with van der Waals surface area (Å²) in [5.41, 5.74) is 5.12. The molecule has 4 aromatic rings. The van der Waals surface area contributed by atoms with E-state index in [1.807, 2.05) is 0 Å². The van der Waals surface area contributed by atoms with Crippen molar-refractivity contribution in [3.8, 4) is 0 Å². The van der Waals surface area contributed by atoms with Crippen molar-refractivity contribution in [3.05, 3.63) is 41.3 Å². The Bertz CT molecular complexity index is 2000. The Morgan fingerprint density at radius 3 is 2.52 bits per heavy atom. The molecule has 0 aromatic carbocycles. The highest BCUT2D eigenvalue weighted by Gasteiger charge is 2.54. The van der Waals surface area contributed by atoms with Crippen molar-refractivity contribution in [2.75, 3.05) is 18.9 Å². The van der Waals surface area contributed by atoms with Gasteiger partial charge in [0.1, 0.15) is 47.8 Å². The molecule has 19 nitrogen and oxygen atoms in total. The van der Waals surface area contributed by atoms with E-state index in [9.17, 15) is 28.6 Å². The summed E-state index contributed by atoms with van der Waals surface area (Å²) < 4.78 is 80.3. The zero-order valence-electron chi connectivity index (χ0n) is 23.2. The summed E-state index contributed by atoms with van der Waals surface area (Å²) in [5, 5.41) is 10.6. The molecule has 7 rings (SSSR count). The fourth-order valence-electron chi connectivity index (χ4n) is 5.51. The molecule has 0 amide bonds. The molecule has 0 aliphatic carbocycles. The first kappa shape index (κ1) is 31.7. The molecule has 7 heterocycles. The summed E-state index contributed by atoms with van der Waals surface area (Å²) in [4.78, 5) is 50.2. The highest BCUT2D eigenvalue weighted by atomic mass is 32.5. The Kier molecular flexibility index (Phi) is 7.86. The number of ether oxygens (including phenoxy) is 2. The van der Waals surface area contributed by atoms with Gasteiger partial charge in [0.15, 0.2) is 41.6 Å². The lowest BCUT2D eigenvalue weighted by Gasteiger charge is -2.26. The van der Waals surface area contributed by atoms with E-state index in [1.54, 1.807) is 0 Å². The number of rotatable bonds is 2. The number of phosphoric acid groups is 1. The van der Waals surface area contributed by atoms with Crippen molar-refractivity contribution in [1.29, 1.82) is 0 Å². The number of phosphoric ester groups is 1. The molecule has 0 saturated carbocycles. The third-order valence-electron chi connectivity index (χ3n) is 7.68. The van der Waals surface area contributed by atoms with Crippen LogP contribution in [0, 0.1) is 5.82 Å². The van der Waals surface area contributed by atoms with Crippen molar-refractivity contribution >= 4 is 54.4 Å². The van der Waals surface area contributed by atoms with E-state index in [1.165, 1.54) is 17.9 Å². The molecule has 5 N–H and O–H groups in total. The number of hydrogen-bond donors (Lipinski definition) is 4. The van der Waals surface area contributed by atoms with Crippen LogP contribution in [0.15, 0.2) is 30.0 Å². The summed E-state index contributed by atoms with van der Waals surface area (Å²) in [6.45, 7) is -5.90. The summed E-state index contributed by atoms with van der Waals surface area (Å²) in [7, 11) is -3.80. The molecular formula is C22H24F2N8O11P2S. The van der Waals surface area contributed by atoms with Crippen LogP contribution in [0.1, 0.15) is 12.5 Å². The molecule has 3 aliphatic heterocycles. The number of nitrogens with zero attached hydrogens (tertiary/aromatic N) is 7. The second kappa shape index (κ2) is 11.4. The average molecular weight is 708 g/mol. The number of fused-ring (bicyclic) bond motifs is 5. The SMILES string of the molecule is Cn1cnc2c(c(F)cn2[C@@H]2OC3COP(O)(=S)O[C@@H]4C(COP(=O)(O)O[C@@H]2[C@@H]3O)O[C@@H](n2cnc3c(N)ncnc32)[C@@H]4F)c1=O. The number of anilines is 1. The molecule has 10 atom stereocenters. The van der Waals surface area contributed by atoms with Crippen LogP contribution in [0.2, 0.25) is 0 Å². The number of aryl methyl sites for hydroxylation is 1. The maximum Gasteiger partial charge on any atom is 0.472 e. The van der Waals surface area contributed by atoms with Gasteiger partial charge in [-0.05, 0) is 11.8 Å². The van der Waals surface area contributed by atoms with E-state index in [4.69, 9.17) is 45.1 Å². The molecule has 3 saturated heterocycles. The maximum atomic E-state index is 16.0. The third-order valence-corrected chi connectivity index (χ3v) is 10.2. The molecule has 2 bridgehead atoms. The second-order valence-corrected chi connectivity index (χ2v) is 14.8. The lowest BCUT2D eigenvalue weighted by Crippen LogP contribution is -2.35. The van der Waals surface area contributed by atoms with Gasteiger partial charge in [-0.3, -0.25) is 22.9 Å². The predicted molar refractivity (Wildman–Crippen MR) is 151 cm³/mol. The zero-order valence-corrected chi connectivity index (χ0v) is 25.8. The Labute approximate surface area is 260 Å². The Morgan fingerprint density at radius 2 is 1.74 bits per heavy atom. The van der Waals surface area contributed by atoms with E-state index in [2.05, 4.69) is 19.9 Å². The zero-order chi connectivity index (χ0) is 32.7. The van der Waals surface area contributed by atoms with Crippen LogP contribution >= 0.6 is 14.5 Å². The summed E-state index contributed by atoms with van der Waals surface area (Å²) in [5.74, 6) is -0.972. The molecule has 46 heavy (non-hydrogen) atoms. The number of hydrogen-bond acceptors (Lipinski definition) is 15. The first-order chi connectivity index (χ1) is 21.7.